The first-order chi connectivity index (χ1) is 13.2. The number of unbranched alkanes of at least 4 members (excludes halogenated alkanes) is 1. The Bertz CT molecular complexity index is 761. The van der Waals surface area contributed by atoms with Crippen molar-refractivity contribution < 1.29 is 19.4 Å². The topological polar surface area (TPSA) is 87.7 Å². The molecule has 0 atom stereocenters. The van der Waals surface area contributed by atoms with Gasteiger partial charge < -0.3 is 20.5 Å². The van der Waals surface area contributed by atoms with Crippen molar-refractivity contribution in [1.82, 2.24) is 10.6 Å². The first-order valence-corrected chi connectivity index (χ1v) is 9.17. The lowest BCUT2D eigenvalue weighted by Gasteiger charge is -2.14. The largest absolute Gasteiger partial charge is 0.449 e. The molecule has 2 aromatic rings. The SMILES string of the molecule is O=C(CNC(=O)OCC1c2ccccc2-c2ccccc21)NCCCCO. The predicted octanol–water partition coefficient (Wildman–Crippen LogP) is 2.41. The fraction of sp³-hybridized carbons (Fsp3) is 0.333. The number of carbonyl (C=O) groups excluding carboxylic acids is 2. The fourth-order valence-corrected chi connectivity index (χ4v) is 3.33. The standard InChI is InChI=1S/C21H24N2O4/c24-12-6-5-11-22-20(25)13-23-21(26)27-14-19-17-9-3-1-7-15(17)16-8-2-4-10-18(16)19/h1-4,7-10,19,24H,5-6,11-14H2,(H,22,25)(H,23,26). The molecule has 0 bridgehead atoms. The number of fused-ring (bicyclic) bond motifs is 3. The summed E-state index contributed by atoms with van der Waals surface area (Å²) in [5.74, 6) is -0.281. The van der Waals surface area contributed by atoms with E-state index in [9.17, 15) is 9.59 Å². The number of carbonyl (C=O) groups is 2. The van der Waals surface area contributed by atoms with Crippen molar-refractivity contribution in [2.24, 2.45) is 0 Å². The molecule has 6 nitrogen and oxygen atoms in total. The normalized spacial score (nSPS) is 12.2. The smallest absolute Gasteiger partial charge is 0.407 e. The summed E-state index contributed by atoms with van der Waals surface area (Å²) in [6.07, 6.45) is 0.732. The zero-order valence-corrected chi connectivity index (χ0v) is 15.1. The van der Waals surface area contributed by atoms with E-state index < -0.39 is 6.09 Å². The van der Waals surface area contributed by atoms with Gasteiger partial charge in [0.2, 0.25) is 5.91 Å². The maximum absolute atomic E-state index is 12.0. The molecule has 6 heteroatoms. The number of hydrogen-bond acceptors (Lipinski definition) is 4. The minimum atomic E-state index is -0.609. The third kappa shape index (κ3) is 4.65. The summed E-state index contributed by atoms with van der Waals surface area (Å²) < 4.78 is 5.37. The Kier molecular flexibility index (Phi) is 6.44. The van der Waals surface area contributed by atoms with E-state index in [4.69, 9.17) is 9.84 Å². The summed E-state index contributed by atoms with van der Waals surface area (Å²) in [6, 6.07) is 16.3. The lowest BCUT2D eigenvalue weighted by Crippen LogP contribution is -2.37. The minimum absolute atomic E-state index is 0.00421. The predicted molar refractivity (Wildman–Crippen MR) is 102 cm³/mol. The first-order valence-electron chi connectivity index (χ1n) is 9.17. The van der Waals surface area contributed by atoms with E-state index in [1.54, 1.807) is 0 Å². The van der Waals surface area contributed by atoms with Crippen LogP contribution in [0.5, 0.6) is 0 Å². The molecule has 1 aliphatic carbocycles. The molecule has 0 unspecified atom stereocenters. The van der Waals surface area contributed by atoms with Gasteiger partial charge in [0.05, 0.1) is 6.54 Å². The highest BCUT2D eigenvalue weighted by molar-refractivity contribution is 5.82. The van der Waals surface area contributed by atoms with E-state index in [0.29, 0.717) is 19.4 Å². The lowest BCUT2D eigenvalue weighted by molar-refractivity contribution is -0.120. The molecule has 3 rings (SSSR count). The van der Waals surface area contributed by atoms with Crippen LogP contribution in [-0.2, 0) is 9.53 Å². The number of alkyl carbamates (subject to hydrolysis) is 1. The molecule has 27 heavy (non-hydrogen) atoms. The molecule has 0 aromatic heterocycles. The third-order valence-corrected chi connectivity index (χ3v) is 4.64. The molecule has 0 aliphatic heterocycles. The van der Waals surface area contributed by atoms with Crippen LogP contribution in [0.15, 0.2) is 48.5 Å². The average molecular weight is 368 g/mol. The molecule has 2 amide bonds. The van der Waals surface area contributed by atoms with Gasteiger partial charge in [-0.3, -0.25) is 4.79 Å². The van der Waals surface area contributed by atoms with E-state index in [2.05, 4.69) is 34.9 Å². The Hall–Kier alpha value is -2.86. The number of amides is 2. The highest BCUT2D eigenvalue weighted by Gasteiger charge is 2.28. The number of nitrogens with one attached hydrogen (secondary N) is 2. The van der Waals surface area contributed by atoms with Crippen molar-refractivity contribution in [2.45, 2.75) is 18.8 Å². The summed E-state index contributed by atoms with van der Waals surface area (Å²) in [4.78, 5) is 23.6. The summed E-state index contributed by atoms with van der Waals surface area (Å²) >= 11 is 0. The van der Waals surface area contributed by atoms with Crippen LogP contribution in [0, 0.1) is 0 Å². The monoisotopic (exact) mass is 368 g/mol. The first kappa shape index (κ1) is 18.9. The molecule has 0 radical (unpaired) electrons. The summed E-state index contributed by atoms with van der Waals surface area (Å²) in [5, 5.41) is 13.8. The van der Waals surface area contributed by atoms with Gasteiger partial charge in [-0.1, -0.05) is 48.5 Å². The third-order valence-electron chi connectivity index (χ3n) is 4.64. The van der Waals surface area contributed by atoms with Gasteiger partial charge in [0.15, 0.2) is 0 Å². The maximum atomic E-state index is 12.0. The number of rotatable bonds is 8. The molecule has 2 aromatic carbocycles. The van der Waals surface area contributed by atoms with E-state index in [-0.39, 0.29) is 31.6 Å². The van der Waals surface area contributed by atoms with Gasteiger partial charge in [-0.25, -0.2) is 4.79 Å². The molecule has 0 saturated heterocycles. The van der Waals surface area contributed by atoms with Crippen LogP contribution in [0.1, 0.15) is 29.9 Å². The van der Waals surface area contributed by atoms with Crippen LogP contribution in [0.4, 0.5) is 4.79 Å². The van der Waals surface area contributed by atoms with Gasteiger partial charge in [-0.2, -0.15) is 0 Å². The molecule has 0 saturated carbocycles. The summed E-state index contributed by atoms with van der Waals surface area (Å²) in [5.41, 5.74) is 4.63. The van der Waals surface area contributed by atoms with Crippen LogP contribution in [-0.4, -0.2) is 43.4 Å². The molecular formula is C21H24N2O4. The highest BCUT2D eigenvalue weighted by Crippen LogP contribution is 2.44. The Balaban J connectivity index is 1.50. The van der Waals surface area contributed by atoms with Crippen LogP contribution in [0.2, 0.25) is 0 Å². The van der Waals surface area contributed by atoms with Gasteiger partial charge in [0.25, 0.3) is 0 Å². The zero-order chi connectivity index (χ0) is 19.1. The molecule has 0 spiro atoms. The molecule has 1 aliphatic rings. The second-order valence-corrected chi connectivity index (χ2v) is 6.46. The molecule has 0 fully saturated rings. The highest BCUT2D eigenvalue weighted by atomic mass is 16.5. The van der Waals surface area contributed by atoms with E-state index in [1.165, 1.54) is 11.1 Å². The van der Waals surface area contributed by atoms with Gasteiger partial charge in [-0.05, 0) is 35.1 Å². The Morgan fingerprint density at radius 2 is 1.56 bits per heavy atom. The average Bonchev–Trinajstić information content (AvgIpc) is 3.02. The van der Waals surface area contributed by atoms with E-state index >= 15 is 0 Å². The number of aliphatic hydroxyl groups excluding tert-OH is 1. The Morgan fingerprint density at radius 3 is 2.19 bits per heavy atom. The number of ether oxygens (including phenoxy) is 1. The van der Waals surface area contributed by atoms with Crippen molar-refractivity contribution >= 4 is 12.0 Å². The minimum Gasteiger partial charge on any atom is -0.449 e. The van der Waals surface area contributed by atoms with E-state index in [1.807, 2.05) is 24.3 Å². The van der Waals surface area contributed by atoms with Gasteiger partial charge in [0, 0.05) is 19.1 Å². The second-order valence-electron chi connectivity index (χ2n) is 6.46. The van der Waals surface area contributed by atoms with E-state index in [0.717, 1.165) is 11.1 Å². The van der Waals surface area contributed by atoms with Crippen molar-refractivity contribution in [3.63, 3.8) is 0 Å². The number of benzene rings is 2. The Morgan fingerprint density at radius 1 is 0.926 bits per heavy atom. The zero-order valence-electron chi connectivity index (χ0n) is 15.1. The number of hydrogen-bond donors (Lipinski definition) is 3. The van der Waals surface area contributed by atoms with Crippen LogP contribution < -0.4 is 10.6 Å². The van der Waals surface area contributed by atoms with Gasteiger partial charge >= 0.3 is 6.09 Å². The molecular weight excluding hydrogens is 344 g/mol. The summed E-state index contributed by atoms with van der Waals surface area (Å²) in [6.45, 7) is 0.674. The van der Waals surface area contributed by atoms with Gasteiger partial charge in [0.1, 0.15) is 6.61 Å². The quantitative estimate of drug-likeness (QED) is 0.625. The molecule has 142 valence electrons. The van der Waals surface area contributed by atoms with Gasteiger partial charge in [-0.15, -0.1) is 0 Å². The summed E-state index contributed by atoms with van der Waals surface area (Å²) in [7, 11) is 0. The van der Waals surface area contributed by atoms with Crippen molar-refractivity contribution in [1.29, 1.82) is 0 Å². The molecule has 3 N–H and O–H groups in total. The van der Waals surface area contributed by atoms with Crippen LogP contribution in [0.3, 0.4) is 0 Å². The maximum Gasteiger partial charge on any atom is 0.407 e. The second kappa shape index (κ2) is 9.19. The Labute approximate surface area is 158 Å². The molecule has 0 heterocycles. The van der Waals surface area contributed by atoms with Crippen molar-refractivity contribution in [2.75, 3.05) is 26.3 Å². The van der Waals surface area contributed by atoms with Crippen LogP contribution >= 0.6 is 0 Å². The van der Waals surface area contributed by atoms with Crippen molar-refractivity contribution in [3.05, 3.63) is 59.7 Å². The number of aliphatic hydroxyl groups is 1. The fourth-order valence-electron chi connectivity index (χ4n) is 3.33. The van der Waals surface area contributed by atoms with Crippen LogP contribution in [0.25, 0.3) is 11.1 Å². The van der Waals surface area contributed by atoms with Crippen molar-refractivity contribution in [3.8, 4) is 11.1 Å². The lowest BCUT2D eigenvalue weighted by atomic mass is 9.98.